The number of urea groups is 1. The molecule has 5 heteroatoms. The highest BCUT2D eigenvalue weighted by Crippen LogP contribution is 2.30. The maximum absolute atomic E-state index is 12.7. The summed E-state index contributed by atoms with van der Waals surface area (Å²) in [7, 11) is 1.68. The number of anilines is 1. The van der Waals surface area contributed by atoms with Gasteiger partial charge < -0.3 is 19.9 Å². The predicted octanol–water partition coefficient (Wildman–Crippen LogP) is 4.84. The molecule has 0 bridgehead atoms. The summed E-state index contributed by atoms with van der Waals surface area (Å²) in [6, 6.07) is 16.6. The number of nitrogens with one attached hydrogen (secondary N) is 1. The third-order valence-corrected chi connectivity index (χ3v) is 6.21. The van der Waals surface area contributed by atoms with Crippen LogP contribution in [0.5, 0.6) is 5.75 Å². The van der Waals surface area contributed by atoms with Gasteiger partial charge in [0.2, 0.25) is 0 Å². The highest BCUT2D eigenvalue weighted by molar-refractivity contribution is 5.89. The second kappa shape index (κ2) is 9.31. The van der Waals surface area contributed by atoms with Gasteiger partial charge in [-0.15, -0.1) is 0 Å². The summed E-state index contributed by atoms with van der Waals surface area (Å²) < 4.78 is 5.45. The first-order chi connectivity index (χ1) is 14.2. The van der Waals surface area contributed by atoms with Crippen molar-refractivity contribution in [2.75, 3.05) is 38.6 Å². The summed E-state index contributed by atoms with van der Waals surface area (Å²) in [4.78, 5) is 17.3. The fourth-order valence-electron chi connectivity index (χ4n) is 4.54. The summed E-state index contributed by atoms with van der Waals surface area (Å²) >= 11 is 0. The largest absolute Gasteiger partial charge is 0.496 e. The number of likely N-dealkylation sites (tertiary alicyclic amines) is 2. The second-order valence-corrected chi connectivity index (χ2v) is 8.02. The molecule has 2 aromatic rings. The van der Waals surface area contributed by atoms with Gasteiger partial charge in [-0.2, -0.15) is 0 Å². The molecule has 0 radical (unpaired) electrons. The van der Waals surface area contributed by atoms with Crippen molar-refractivity contribution in [3.63, 3.8) is 0 Å². The average Bonchev–Trinajstić information content (AvgIpc) is 2.80. The third-order valence-electron chi connectivity index (χ3n) is 6.21. The summed E-state index contributed by atoms with van der Waals surface area (Å²) in [6.07, 6.45) is 6.19. The van der Waals surface area contributed by atoms with E-state index in [1.165, 1.54) is 32.4 Å². The van der Waals surface area contributed by atoms with Gasteiger partial charge in [0.1, 0.15) is 5.75 Å². The lowest BCUT2D eigenvalue weighted by Crippen LogP contribution is -2.49. The van der Waals surface area contributed by atoms with Gasteiger partial charge in [0.05, 0.1) is 7.11 Å². The lowest BCUT2D eigenvalue weighted by atomic mass is 10.00. The van der Waals surface area contributed by atoms with Gasteiger partial charge in [-0.25, -0.2) is 4.79 Å². The topological polar surface area (TPSA) is 44.8 Å². The van der Waals surface area contributed by atoms with Crippen LogP contribution in [0, 0.1) is 0 Å². The molecule has 2 aliphatic rings. The minimum Gasteiger partial charge on any atom is -0.496 e. The minimum absolute atomic E-state index is 0.00661. The smallest absolute Gasteiger partial charge is 0.321 e. The Kier molecular flexibility index (Phi) is 6.35. The number of rotatable bonds is 4. The van der Waals surface area contributed by atoms with Gasteiger partial charge in [0.15, 0.2) is 0 Å². The minimum atomic E-state index is 0.00661. The molecular formula is C24H31N3O2. The summed E-state index contributed by atoms with van der Waals surface area (Å²) in [5.74, 6) is 0.848. The van der Waals surface area contributed by atoms with Crippen molar-refractivity contribution in [2.45, 2.75) is 38.1 Å². The Hall–Kier alpha value is -2.53. The van der Waals surface area contributed by atoms with E-state index in [-0.39, 0.29) is 6.03 Å². The SMILES string of the molecule is COc1ccccc1-c1ccc(NC(=O)N2CCC(N3CCCCC3)CC2)cc1. The van der Waals surface area contributed by atoms with Gasteiger partial charge in [0, 0.05) is 30.4 Å². The van der Waals surface area contributed by atoms with Gasteiger partial charge >= 0.3 is 6.03 Å². The zero-order valence-electron chi connectivity index (χ0n) is 17.3. The highest BCUT2D eigenvalue weighted by Gasteiger charge is 2.27. The molecule has 2 amide bonds. The number of benzene rings is 2. The van der Waals surface area contributed by atoms with E-state index in [0.29, 0.717) is 6.04 Å². The molecule has 0 atom stereocenters. The van der Waals surface area contributed by atoms with E-state index in [9.17, 15) is 4.79 Å². The van der Waals surface area contributed by atoms with E-state index in [4.69, 9.17) is 4.74 Å². The summed E-state index contributed by atoms with van der Waals surface area (Å²) in [5.41, 5.74) is 2.95. The zero-order valence-corrected chi connectivity index (χ0v) is 17.3. The molecule has 0 aliphatic carbocycles. The number of nitrogens with zero attached hydrogens (tertiary/aromatic N) is 2. The molecule has 29 heavy (non-hydrogen) atoms. The van der Waals surface area contributed by atoms with Crippen LogP contribution in [-0.2, 0) is 0 Å². The fraction of sp³-hybridized carbons (Fsp3) is 0.458. The molecule has 0 saturated carbocycles. The van der Waals surface area contributed by atoms with Crippen LogP contribution in [0.15, 0.2) is 48.5 Å². The zero-order chi connectivity index (χ0) is 20.1. The van der Waals surface area contributed by atoms with Crippen LogP contribution in [0.25, 0.3) is 11.1 Å². The van der Waals surface area contributed by atoms with Crippen molar-refractivity contribution >= 4 is 11.7 Å². The Morgan fingerprint density at radius 3 is 2.31 bits per heavy atom. The highest BCUT2D eigenvalue weighted by atomic mass is 16.5. The van der Waals surface area contributed by atoms with E-state index in [1.54, 1.807) is 7.11 Å². The Labute approximate surface area is 173 Å². The standard InChI is InChI=1S/C24H31N3O2/c1-29-23-8-4-3-7-22(23)19-9-11-20(12-10-19)25-24(28)27-17-13-21(14-18-27)26-15-5-2-6-16-26/h3-4,7-12,21H,2,5-6,13-18H2,1H3,(H,25,28). The van der Waals surface area contributed by atoms with E-state index >= 15 is 0 Å². The van der Waals surface area contributed by atoms with Crippen LogP contribution in [0.4, 0.5) is 10.5 Å². The number of ether oxygens (including phenoxy) is 1. The Morgan fingerprint density at radius 1 is 0.931 bits per heavy atom. The van der Waals surface area contributed by atoms with E-state index in [2.05, 4.69) is 10.2 Å². The van der Waals surface area contributed by atoms with E-state index in [0.717, 1.165) is 48.5 Å². The van der Waals surface area contributed by atoms with Crippen LogP contribution in [-0.4, -0.2) is 55.2 Å². The van der Waals surface area contributed by atoms with Gasteiger partial charge in [-0.05, 0) is 62.5 Å². The number of piperidine rings is 2. The molecule has 2 heterocycles. The number of carbonyl (C=O) groups excluding carboxylic acids is 1. The van der Waals surface area contributed by atoms with Gasteiger partial charge in [-0.1, -0.05) is 36.8 Å². The first kappa shape index (κ1) is 19.8. The number of hydrogen-bond donors (Lipinski definition) is 1. The van der Waals surface area contributed by atoms with Gasteiger partial charge in [0.25, 0.3) is 0 Å². The molecule has 4 rings (SSSR count). The molecule has 1 N–H and O–H groups in total. The molecule has 0 aromatic heterocycles. The molecule has 154 valence electrons. The lowest BCUT2D eigenvalue weighted by Gasteiger charge is -2.40. The Balaban J connectivity index is 1.32. The van der Waals surface area contributed by atoms with Crippen molar-refractivity contribution in [3.05, 3.63) is 48.5 Å². The molecule has 2 aliphatic heterocycles. The molecule has 2 fully saturated rings. The fourth-order valence-corrected chi connectivity index (χ4v) is 4.54. The number of para-hydroxylation sites is 1. The third kappa shape index (κ3) is 4.73. The molecular weight excluding hydrogens is 362 g/mol. The van der Waals surface area contributed by atoms with E-state index < -0.39 is 0 Å². The monoisotopic (exact) mass is 393 g/mol. The molecule has 2 saturated heterocycles. The lowest BCUT2D eigenvalue weighted by molar-refractivity contribution is 0.104. The molecule has 0 spiro atoms. The maximum Gasteiger partial charge on any atom is 0.321 e. The first-order valence-corrected chi connectivity index (χ1v) is 10.8. The quantitative estimate of drug-likeness (QED) is 0.808. The summed E-state index contributed by atoms with van der Waals surface area (Å²) in [6.45, 7) is 4.14. The van der Waals surface area contributed by atoms with Crippen LogP contribution >= 0.6 is 0 Å². The molecule has 5 nitrogen and oxygen atoms in total. The number of amides is 2. The summed E-state index contributed by atoms with van der Waals surface area (Å²) in [5, 5.41) is 3.06. The first-order valence-electron chi connectivity index (χ1n) is 10.8. The van der Waals surface area contributed by atoms with Crippen molar-refractivity contribution in [1.82, 2.24) is 9.80 Å². The maximum atomic E-state index is 12.7. The number of hydrogen-bond acceptors (Lipinski definition) is 3. The Bertz CT molecular complexity index is 807. The van der Waals surface area contributed by atoms with Crippen molar-refractivity contribution < 1.29 is 9.53 Å². The normalized spacial score (nSPS) is 18.4. The van der Waals surface area contributed by atoms with E-state index in [1.807, 2.05) is 53.4 Å². The van der Waals surface area contributed by atoms with Crippen LogP contribution in [0.3, 0.4) is 0 Å². The Morgan fingerprint density at radius 2 is 1.62 bits per heavy atom. The van der Waals surface area contributed by atoms with Gasteiger partial charge in [-0.3, -0.25) is 0 Å². The predicted molar refractivity (Wildman–Crippen MR) is 117 cm³/mol. The second-order valence-electron chi connectivity index (χ2n) is 8.02. The average molecular weight is 394 g/mol. The molecule has 0 unspecified atom stereocenters. The number of methoxy groups -OCH3 is 1. The van der Waals surface area contributed by atoms with Crippen molar-refractivity contribution in [2.24, 2.45) is 0 Å². The number of carbonyl (C=O) groups is 1. The van der Waals surface area contributed by atoms with Crippen molar-refractivity contribution in [3.8, 4) is 16.9 Å². The van der Waals surface area contributed by atoms with Crippen LogP contribution in [0.1, 0.15) is 32.1 Å². The van der Waals surface area contributed by atoms with Crippen LogP contribution < -0.4 is 10.1 Å². The molecule has 2 aromatic carbocycles. The van der Waals surface area contributed by atoms with Crippen LogP contribution in [0.2, 0.25) is 0 Å². The van der Waals surface area contributed by atoms with Crippen molar-refractivity contribution in [1.29, 1.82) is 0 Å².